The monoisotopic (exact) mass is 284 g/mol. The number of halogens is 3. The van der Waals surface area contributed by atoms with Gasteiger partial charge in [-0.05, 0) is 6.42 Å². The molecule has 2 saturated heterocycles. The van der Waals surface area contributed by atoms with Gasteiger partial charge in [-0.3, -0.25) is 4.99 Å². The van der Waals surface area contributed by atoms with Crippen LogP contribution in [0.2, 0.25) is 0 Å². The molecule has 8 heteroatoms. The maximum Gasteiger partial charge on any atom is 0.394 e. The molecular weight excluding hydrogens is 269 g/mol. The molecule has 2 aliphatic rings. The van der Waals surface area contributed by atoms with Crippen LogP contribution in [-0.4, -0.2) is 47.2 Å². The maximum absolute atomic E-state index is 12.7. The van der Waals surface area contributed by atoms with Gasteiger partial charge in [0.05, 0.1) is 24.2 Å². The third kappa shape index (κ3) is 2.60. The van der Waals surface area contributed by atoms with E-state index in [0.717, 1.165) is 6.92 Å². The summed E-state index contributed by atoms with van der Waals surface area (Å²) in [7, 11) is 1.60. The van der Waals surface area contributed by atoms with Crippen LogP contribution in [0.5, 0.6) is 0 Å². The Morgan fingerprint density at radius 1 is 1.56 bits per heavy atom. The predicted octanol–water partition coefficient (Wildman–Crippen LogP) is 1.35. The number of amidine groups is 1. The summed E-state index contributed by atoms with van der Waals surface area (Å²) in [6.45, 7) is 1.04. The minimum atomic E-state index is -4.36. The third-order valence-electron chi connectivity index (χ3n) is 3.24. The molecule has 0 radical (unpaired) electrons. The van der Waals surface area contributed by atoms with Crippen LogP contribution in [0.1, 0.15) is 13.3 Å². The molecule has 104 valence electrons. The molecule has 0 aliphatic carbocycles. The smallest absolute Gasteiger partial charge is 0.390 e. The number of hydrogen-bond donors (Lipinski definition) is 2. The molecule has 0 amide bonds. The number of fused-ring (bicyclic) bond motifs is 1. The van der Waals surface area contributed by atoms with Gasteiger partial charge in [0.2, 0.25) is 0 Å². The molecule has 0 aromatic rings. The van der Waals surface area contributed by atoms with Crippen LogP contribution in [0, 0.1) is 5.92 Å². The number of rotatable bonds is 1. The molecule has 2 fully saturated rings. The molecule has 2 aliphatic heterocycles. The van der Waals surface area contributed by atoms with Gasteiger partial charge >= 0.3 is 6.18 Å². The first-order chi connectivity index (χ1) is 8.32. The highest BCUT2D eigenvalue weighted by atomic mass is 32.2. The number of hydrogen-bond acceptors (Lipinski definition) is 4. The Balaban J connectivity index is 2.08. The summed E-state index contributed by atoms with van der Waals surface area (Å²) in [4.78, 5) is 3.94. The van der Waals surface area contributed by atoms with Gasteiger partial charge in [-0.2, -0.15) is 13.2 Å². The summed E-state index contributed by atoms with van der Waals surface area (Å²) in [5, 5.41) is 13.4. The molecule has 18 heavy (non-hydrogen) atoms. The second kappa shape index (κ2) is 4.90. The lowest BCUT2D eigenvalue weighted by Gasteiger charge is -2.38. The van der Waals surface area contributed by atoms with Crippen LogP contribution in [-0.2, 0) is 4.74 Å². The van der Waals surface area contributed by atoms with Gasteiger partial charge in [-0.1, -0.05) is 18.7 Å². The van der Waals surface area contributed by atoms with Gasteiger partial charge in [0.25, 0.3) is 0 Å². The highest BCUT2D eigenvalue weighted by molar-refractivity contribution is 8.14. The minimum absolute atomic E-state index is 0.180. The first-order valence-electron chi connectivity index (χ1n) is 5.63. The number of thioether (sulfide) groups is 1. The van der Waals surface area contributed by atoms with Crippen molar-refractivity contribution >= 4 is 16.9 Å². The molecule has 0 spiro atoms. The van der Waals surface area contributed by atoms with Crippen molar-refractivity contribution in [1.82, 2.24) is 5.32 Å². The van der Waals surface area contributed by atoms with Crippen molar-refractivity contribution in [3.05, 3.63) is 0 Å². The van der Waals surface area contributed by atoms with Crippen LogP contribution >= 0.6 is 11.8 Å². The standard InChI is InChI=1S/C10H15F3N2O2S/c1-4(10(11,12)13)7-6(16)3-5-8(17-7)18-9(14-2)15-5/h4-8,16H,3H2,1-2H3,(H,14,15)/t4?,5-,6+,7?,8-/m1/s1. The van der Waals surface area contributed by atoms with Crippen LogP contribution in [0.15, 0.2) is 4.99 Å². The lowest BCUT2D eigenvalue weighted by atomic mass is 9.92. The Labute approximate surface area is 107 Å². The summed E-state index contributed by atoms with van der Waals surface area (Å²) < 4.78 is 43.4. The Hall–Kier alpha value is -0.470. The second-order valence-electron chi connectivity index (χ2n) is 4.50. The third-order valence-corrected chi connectivity index (χ3v) is 4.44. The molecular formula is C10H15F3N2O2S. The van der Waals surface area contributed by atoms with Crippen molar-refractivity contribution in [3.8, 4) is 0 Å². The lowest BCUT2D eigenvalue weighted by Crippen LogP contribution is -2.52. The van der Waals surface area contributed by atoms with Crippen molar-refractivity contribution in [2.45, 2.75) is 43.2 Å². The number of alkyl halides is 3. The van der Waals surface area contributed by atoms with Gasteiger partial charge in [0.15, 0.2) is 5.17 Å². The highest BCUT2D eigenvalue weighted by Gasteiger charge is 2.50. The normalized spacial score (nSPS) is 40.4. The summed E-state index contributed by atoms with van der Waals surface area (Å²) in [5.74, 6) is -1.68. The molecule has 4 nitrogen and oxygen atoms in total. The van der Waals surface area contributed by atoms with E-state index < -0.39 is 29.7 Å². The van der Waals surface area contributed by atoms with E-state index in [1.807, 2.05) is 0 Å². The number of ether oxygens (including phenoxy) is 1. The zero-order valence-corrected chi connectivity index (χ0v) is 10.8. The van der Waals surface area contributed by atoms with Gasteiger partial charge < -0.3 is 15.2 Å². The molecule has 2 heterocycles. The quantitative estimate of drug-likeness (QED) is 0.763. The summed E-state index contributed by atoms with van der Waals surface area (Å²) in [6, 6.07) is -0.180. The predicted molar refractivity (Wildman–Crippen MR) is 62.4 cm³/mol. The molecule has 2 unspecified atom stereocenters. The Bertz CT molecular complexity index is 351. The van der Waals surface area contributed by atoms with Gasteiger partial charge in [0.1, 0.15) is 5.44 Å². The average molecular weight is 284 g/mol. The highest BCUT2D eigenvalue weighted by Crippen LogP contribution is 2.39. The fourth-order valence-corrected chi connectivity index (χ4v) is 3.21. The largest absolute Gasteiger partial charge is 0.394 e. The van der Waals surface area contributed by atoms with Crippen LogP contribution in [0.3, 0.4) is 0 Å². The van der Waals surface area contributed by atoms with Crippen molar-refractivity contribution < 1.29 is 23.0 Å². The molecule has 0 saturated carbocycles. The summed E-state index contributed by atoms with van der Waals surface area (Å²) in [5.41, 5.74) is -0.415. The molecule has 2 rings (SSSR count). The Morgan fingerprint density at radius 2 is 2.22 bits per heavy atom. The van der Waals surface area contributed by atoms with Crippen molar-refractivity contribution in [3.63, 3.8) is 0 Å². The summed E-state index contributed by atoms with van der Waals surface area (Å²) >= 11 is 1.27. The van der Waals surface area contributed by atoms with Gasteiger partial charge in [-0.15, -0.1) is 0 Å². The number of aliphatic hydroxyl groups is 1. The van der Waals surface area contributed by atoms with Crippen LogP contribution in [0.4, 0.5) is 13.2 Å². The molecule has 0 aromatic carbocycles. The zero-order chi connectivity index (χ0) is 13.5. The van der Waals surface area contributed by atoms with Gasteiger partial charge in [-0.25, -0.2) is 0 Å². The van der Waals surface area contributed by atoms with Gasteiger partial charge in [0, 0.05) is 7.05 Å². The fraction of sp³-hybridized carbons (Fsp3) is 0.900. The minimum Gasteiger partial charge on any atom is -0.390 e. The molecule has 2 N–H and O–H groups in total. The molecule has 0 aromatic heterocycles. The van der Waals surface area contributed by atoms with E-state index in [1.54, 1.807) is 7.05 Å². The van der Waals surface area contributed by atoms with E-state index >= 15 is 0 Å². The lowest BCUT2D eigenvalue weighted by molar-refractivity contribution is -0.229. The molecule has 5 atom stereocenters. The van der Waals surface area contributed by atoms with E-state index in [1.165, 1.54) is 11.8 Å². The fourth-order valence-electron chi connectivity index (χ4n) is 2.14. The first kappa shape index (κ1) is 14.0. The van der Waals surface area contributed by atoms with Crippen molar-refractivity contribution in [1.29, 1.82) is 0 Å². The topological polar surface area (TPSA) is 53.9 Å². The molecule has 0 bridgehead atoms. The van der Waals surface area contributed by atoms with Crippen LogP contribution < -0.4 is 5.32 Å². The maximum atomic E-state index is 12.7. The van der Waals surface area contributed by atoms with Crippen molar-refractivity contribution in [2.75, 3.05) is 7.05 Å². The van der Waals surface area contributed by atoms with Crippen molar-refractivity contribution in [2.24, 2.45) is 10.9 Å². The van der Waals surface area contributed by atoms with E-state index in [-0.39, 0.29) is 12.5 Å². The number of aliphatic imine (C=N–C) groups is 1. The van der Waals surface area contributed by atoms with E-state index in [0.29, 0.717) is 5.17 Å². The zero-order valence-electron chi connectivity index (χ0n) is 9.94. The van der Waals surface area contributed by atoms with E-state index in [9.17, 15) is 18.3 Å². The van der Waals surface area contributed by atoms with E-state index in [2.05, 4.69) is 10.3 Å². The average Bonchev–Trinajstić information content (AvgIpc) is 2.67. The second-order valence-corrected chi connectivity index (χ2v) is 5.59. The Morgan fingerprint density at radius 3 is 2.78 bits per heavy atom. The number of nitrogens with one attached hydrogen (secondary N) is 1. The SMILES string of the molecule is CN=C1N[C@@H]2C[C@H](O)C(C(C)C(F)(F)F)O[C@@H]2S1. The summed E-state index contributed by atoms with van der Waals surface area (Å²) in [6.07, 6.45) is -6.46. The first-order valence-corrected chi connectivity index (χ1v) is 6.51. The van der Waals surface area contributed by atoms with E-state index in [4.69, 9.17) is 4.74 Å². The number of nitrogens with zero attached hydrogens (tertiary/aromatic N) is 1. The van der Waals surface area contributed by atoms with Crippen LogP contribution in [0.25, 0.3) is 0 Å². The number of aliphatic hydroxyl groups excluding tert-OH is 1. The Kier molecular flexibility index (Phi) is 3.80.